The van der Waals surface area contributed by atoms with Crippen molar-refractivity contribution >= 4 is 35.6 Å². The molecule has 2 saturated carbocycles. The second-order valence-electron chi connectivity index (χ2n) is 17.5. The molecular weight excluding hydrogens is 819 g/mol. The number of esters is 4. The highest BCUT2D eigenvalue weighted by Gasteiger charge is 2.78. The number of carbonyl (C=O) groups is 6. The number of fused-ring (bicyclic) bond motifs is 5. The highest BCUT2D eigenvalue weighted by molar-refractivity contribution is 5.96. The predicted molar refractivity (Wildman–Crippen MR) is 219 cm³/mol. The van der Waals surface area contributed by atoms with E-state index in [-0.39, 0.29) is 46.6 Å². The van der Waals surface area contributed by atoms with Gasteiger partial charge in [0.05, 0.1) is 35.6 Å². The Kier molecular flexibility index (Phi) is 11.9. The summed E-state index contributed by atoms with van der Waals surface area (Å²) in [6.45, 7) is 7.86. The number of nitrogens with one attached hydrogen (secondary N) is 1. The van der Waals surface area contributed by atoms with E-state index in [0.717, 1.165) is 13.8 Å². The van der Waals surface area contributed by atoms with Gasteiger partial charge in [0, 0.05) is 37.7 Å². The van der Waals surface area contributed by atoms with E-state index in [2.05, 4.69) is 5.32 Å². The van der Waals surface area contributed by atoms with Gasteiger partial charge < -0.3 is 49.4 Å². The fourth-order valence-electron chi connectivity index (χ4n) is 10.2. The maximum absolute atomic E-state index is 15.5. The minimum Gasteiger partial charge on any atom is -0.508 e. The Morgan fingerprint density at radius 3 is 2.00 bits per heavy atom. The summed E-state index contributed by atoms with van der Waals surface area (Å²) in [6.07, 6.45) is -10.8. The molecule has 1 aliphatic heterocycles. The van der Waals surface area contributed by atoms with E-state index in [0.29, 0.717) is 0 Å². The number of amides is 1. The summed E-state index contributed by atoms with van der Waals surface area (Å²) in [6, 6.07) is 19.7. The van der Waals surface area contributed by atoms with E-state index in [1.165, 1.54) is 62.4 Å². The molecule has 3 aromatic rings. The minimum absolute atomic E-state index is 0.0302. The van der Waals surface area contributed by atoms with Crippen LogP contribution in [0.4, 0.5) is 0 Å². The fourth-order valence-corrected chi connectivity index (χ4v) is 10.2. The monoisotopic (exact) mass is 869 g/mol. The molecule has 6 unspecified atom stereocenters. The molecule has 1 amide bonds. The number of hydrogen-bond acceptors (Lipinski definition) is 15. The van der Waals surface area contributed by atoms with Crippen LogP contribution in [0.15, 0.2) is 96.1 Å². The van der Waals surface area contributed by atoms with Crippen molar-refractivity contribution in [2.24, 2.45) is 16.7 Å². The third-order valence-corrected chi connectivity index (χ3v) is 13.6. The number of rotatable bonds is 10. The maximum Gasteiger partial charge on any atom is 0.338 e. The summed E-state index contributed by atoms with van der Waals surface area (Å²) in [7, 11) is 0. The lowest BCUT2D eigenvalue weighted by atomic mass is 9.44. The molecule has 1 heterocycles. The summed E-state index contributed by atoms with van der Waals surface area (Å²) in [5.41, 5.74) is -7.39. The molecule has 16 heteroatoms. The minimum atomic E-state index is -2.42. The van der Waals surface area contributed by atoms with E-state index in [9.17, 15) is 44.4 Å². The largest absolute Gasteiger partial charge is 0.508 e. The second kappa shape index (κ2) is 16.6. The zero-order valence-corrected chi connectivity index (χ0v) is 35.6. The van der Waals surface area contributed by atoms with Gasteiger partial charge in [-0.05, 0) is 67.0 Å². The van der Waals surface area contributed by atoms with Crippen LogP contribution >= 0.6 is 0 Å². The van der Waals surface area contributed by atoms with Gasteiger partial charge in [0.1, 0.15) is 29.7 Å². The number of aliphatic hydroxyl groups is 3. The number of ether oxygens (including phenoxy) is 5. The molecule has 334 valence electrons. The fraction of sp³-hybridized carbons (Fsp3) is 0.447. The van der Waals surface area contributed by atoms with E-state index < -0.39 is 113 Å². The van der Waals surface area contributed by atoms with Crippen molar-refractivity contribution in [2.45, 2.75) is 108 Å². The van der Waals surface area contributed by atoms with Crippen LogP contribution in [0, 0.1) is 16.7 Å². The molecule has 2 bridgehead atoms. The smallest absolute Gasteiger partial charge is 0.338 e. The second-order valence-corrected chi connectivity index (χ2v) is 17.5. The third-order valence-electron chi connectivity index (χ3n) is 13.6. The molecule has 0 aromatic heterocycles. The van der Waals surface area contributed by atoms with Gasteiger partial charge in [-0.15, -0.1) is 0 Å². The standard InChI is InChI=1S/C47H51NO15/c1-24-31(61-43(57)36(53)35(27-17-19-30(51)20-18-27)48-41(55)28-13-9-7-10-14-28)22-47(58)40(62-42(56)29-15-11-8-12-16-29)38-45(6,32(52)21-33-46(38,23-59-33)63-26(3)50)39(54)37(60-25(2)49)34(24)44(47,4)5/h7-20,31-33,35-38,40,51-53,58H,21-23H2,1-6H3,(H,48,55)/t31?,32?,33-,35?,36?,37?,38-,40?,45-,46-,47-/m1/s1. The van der Waals surface area contributed by atoms with Crippen molar-refractivity contribution in [3.63, 3.8) is 0 Å². The Bertz CT molecular complexity index is 2330. The number of hydrogen-bond donors (Lipinski definition) is 5. The van der Waals surface area contributed by atoms with Crippen molar-refractivity contribution in [1.29, 1.82) is 0 Å². The van der Waals surface area contributed by atoms with Gasteiger partial charge in [0.15, 0.2) is 23.6 Å². The van der Waals surface area contributed by atoms with Crippen molar-refractivity contribution in [3.8, 4) is 5.75 Å². The van der Waals surface area contributed by atoms with Crippen LogP contribution in [-0.4, -0.2) is 110 Å². The van der Waals surface area contributed by atoms with Crippen LogP contribution in [0.5, 0.6) is 5.75 Å². The topological polar surface area (TPSA) is 242 Å². The molecule has 5 N–H and O–H groups in total. The van der Waals surface area contributed by atoms with Crippen molar-refractivity contribution in [3.05, 3.63) is 113 Å². The van der Waals surface area contributed by atoms with E-state index >= 15 is 4.79 Å². The van der Waals surface area contributed by atoms with Crippen molar-refractivity contribution < 1.29 is 72.9 Å². The molecule has 4 aliphatic rings. The summed E-state index contributed by atoms with van der Waals surface area (Å²) in [5.74, 6) is -7.18. The van der Waals surface area contributed by atoms with Crippen molar-refractivity contribution in [1.82, 2.24) is 5.32 Å². The highest BCUT2D eigenvalue weighted by atomic mass is 16.6. The first-order valence-corrected chi connectivity index (χ1v) is 20.6. The SMILES string of the molecule is CC(=O)OC1C(=O)[C@]2(C)C(O)C[C@H]3OC[C@]3(OC(C)=O)[C@@H]2C(OC(=O)c2ccccc2)[C@]2(O)CC(OC(=O)C(O)C(NC(=O)c3ccccc3)c3ccc(O)cc3)C(C)=C1C2(C)C. The van der Waals surface area contributed by atoms with Gasteiger partial charge in [0.25, 0.3) is 5.91 Å². The molecule has 3 fully saturated rings. The van der Waals surface area contributed by atoms with Gasteiger partial charge in [-0.25, -0.2) is 9.59 Å². The van der Waals surface area contributed by atoms with Crippen LogP contribution in [-0.2, 0) is 42.9 Å². The Morgan fingerprint density at radius 2 is 1.44 bits per heavy atom. The number of benzene rings is 3. The molecule has 0 radical (unpaired) electrons. The molecule has 11 atom stereocenters. The zero-order valence-electron chi connectivity index (χ0n) is 35.6. The molecule has 0 spiro atoms. The summed E-state index contributed by atoms with van der Waals surface area (Å²) in [5, 5.41) is 50.2. The molecule has 3 aromatic carbocycles. The third kappa shape index (κ3) is 7.58. The average molecular weight is 870 g/mol. The summed E-state index contributed by atoms with van der Waals surface area (Å²) >= 11 is 0. The van der Waals surface area contributed by atoms with Crippen LogP contribution in [0.25, 0.3) is 0 Å². The van der Waals surface area contributed by atoms with E-state index in [1.54, 1.807) is 50.2 Å². The van der Waals surface area contributed by atoms with Gasteiger partial charge in [-0.1, -0.05) is 62.4 Å². The Hall–Kier alpha value is -5.94. The molecule has 63 heavy (non-hydrogen) atoms. The first-order valence-electron chi connectivity index (χ1n) is 20.6. The van der Waals surface area contributed by atoms with Crippen LogP contribution < -0.4 is 5.32 Å². The lowest BCUT2D eigenvalue weighted by molar-refractivity contribution is -0.346. The van der Waals surface area contributed by atoms with Crippen LogP contribution in [0.2, 0.25) is 0 Å². The summed E-state index contributed by atoms with van der Waals surface area (Å²) in [4.78, 5) is 83.5. The summed E-state index contributed by atoms with van der Waals surface area (Å²) < 4.78 is 30.2. The van der Waals surface area contributed by atoms with Crippen LogP contribution in [0.3, 0.4) is 0 Å². The number of aromatic hydroxyl groups is 1. The maximum atomic E-state index is 15.5. The zero-order chi connectivity index (χ0) is 45.8. The Labute approximate surface area is 363 Å². The molecule has 7 rings (SSSR count). The lowest BCUT2D eigenvalue weighted by Gasteiger charge is -2.67. The van der Waals surface area contributed by atoms with Gasteiger partial charge in [-0.2, -0.15) is 0 Å². The Morgan fingerprint density at radius 1 is 0.841 bits per heavy atom. The first-order chi connectivity index (χ1) is 29.7. The number of aliphatic hydroxyl groups excluding tert-OH is 2. The normalized spacial score (nSPS) is 31.5. The predicted octanol–water partition coefficient (Wildman–Crippen LogP) is 3.44. The van der Waals surface area contributed by atoms with Gasteiger partial charge >= 0.3 is 23.9 Å². The number of ketones is 1. The molecule has 1 saturated heterocycles. The number of carbonyl (C=O) groups excluding carboxylic acids is 6. The van der Waals surface area contributed by atoms with Gasteiger partial charge in [-0.3, -0.25) is 19.2 Å². The molecule has 3 aliphatic carbocycles. The van der Waals surface area contributed by atoms with E-state index in [4.69, 9.17) is 23.7 Å². The molecule has 16 nitrogen and oxygen atoms in total. The average Bonchev–Trinajstić information content (AvgIpc) is 3.24. The number of phenolic OH excluding ortho intramolecular Hbond substituents is 1. The Balaban J connectivity index is 1.39. The quantitative estimate of drug-likeness (QED) is 0.111. The first kappa shape index (κ1) is 45.1. The van der Waals surface area contributed by atoms with Crippen LogP contribution in [0.1, 0.15) is 86.7 Å². The van der Waals surface area contributed by atoms with Crippen molar-refractivity contribution in [2.75, 3.05) is 6.61 Å². The highest BCUT2D eigenvalue weighted by Crippen LogP contribution is 2.64. The lowest BCUT2D eigenvalue weighted by Crippen LogP contribution is -2.82. The molecular formula is C47H51NO15. The van der Waals surface area contributed by atoms with Gasteiger partial charge in [0.2, 0.25) is 0 Å². The number of Topliss-reactive ketones (excluding diaryl/α,β-unsaturated/α-hetero) is 1. The van der Waals surface area contributed by atoms with E-state index in [1.807, 2.05) is 0 Å². The number of phenols is 1.